The zero-order valence-electron chi connectivity index (χ0n) is 13.6. The summed E-state index contributed by atoms with van der Waals surface area (Å²) < 4.78 is 21.6. The Kier molecular flexibility index (Phi) is 4.50. The largest absolute Gasteiger partial charge is 0.454 e. The smallest absolute Gasteiger partial charge is 0.277 e. The highest BCUT2D eigenvalue weighted by molar-refractivity contribution is 8.00. The number of hydrogen-bond donors (Lipinski definition) is 0. The molecule has 0 saturated carbocycles. The minimum absolute atomic E-state index is 0.0520. The number of carbonyl (C=O) groups is 1. The Balaban J connectivity index is 1.43. The van der Waals surface area contributed by atoms with Crippen molar-refractivity contribution in [2.75, 3.05) is 33.1 Å². The summed E-state index contributed by atoms with van der Waals surface area (Å²) in [7, 11) is 0. The van der Waals surface area contributed by atoms with E-state index in [1.165, 1.54) is 11.8 Å². The molecule has 132 valence electrons. The number of thioether (sulfide) groups is 1. The molecule has 8 nitrogen and oxygen atoms in total. The van der Waals surface area contributed by atoms with Crippen LogP contribution in [0.3, 0.4) is 0 Å². The first-order valence-corrected chi connectivity index (χ1v) is 8.85. The Bertz CT molecular complexity index is 775. The second kappa shape index (κ2) is 6.93. The van der Waals surface area contributed by atoms with Crippen LogP contribution in [0.4, 0.5) is 0 Å². The van der Waals surface area contributed by atoms with E-state index in [0.29, 0.717) is 48.9 Å². The lowest BCUT2D eigenvalue weighted by molar-refractivity contribution is -0.134. The van der Waals surface area contributed by atoms with Gasteiger partial charge >= 0.3 is 0 Å². The Labute approximate surface area is 148 Å². The van der Waals surface area contributed by atoms with Gasteiger partial charge in [-0.2, -0.15) is 0 Å². The fraction of sp³-hybridized carbons (Fsp3) is 0.438. The second-order valence-corrected chi connectivity index (χ2v) is 6.93. The monoisotopic (exact) mass is 363 g/mol. The lowest BCUT2D eigenvalue weighted by atomic mass is 10.2. The highest BCUT2D eigenvalue weighted by atomic mass is 32.2. The van der Waals surface area contributed by atoms with Crippen molar-refractivity contribution in [2.24, 2.45) is 0 Å². The number of carbonyl (C=O) groups excluding carboxylic acids is 1. The number of ether oxygens (including phenoxy) is 3. The summed E-state index contributed by atoms with van der Waals surface area (Å²) in [6.07, 6.45) is 0. The van der Waals surface area contributed by atoms with Gasteiger partial charge in [0.2, 0.25) is 18.6 Å². The molecule has 0 spiro atoms. The first-order valence-electron chi connectivity index (χ1n) is 7.97. The molecule has 1 saturated heterocycles. The summed E-state index contributed by atoms with van der Waals surface area (Å²) in [5.41, 5.74) is 0.746. The van der Waals surface area contributed by atoms with E-state index in [0.717, 1.165) is 5.56 Å². The molecule has 0 N–H and O–H groups in total. The molecule has 1 fully saturated rings. The highest BCUT2D eigenvalue weighted by Gasteiger charge is 2.25. The van der Waals surface area contributed by atoms with E-state index in [2.05, 4.69) is 10.2 Å². The SMILES string of the molecule is CC(Sc1nnc(-c2ccc3c(c2)OCO3)o1)C(=O)N1CCOCC1. The van der Waals surface area contributed by atoms with Crippen molar-refractivity contribution in [1.29, 1.82) is 0 Å². The van der Waals surface area contributed by atoms with Gasteiger partial charge in [-0.3, -0.25) is 4.79 Å². The van der Waals surface area contributed by atoms with Crippen molar-refractivity contribution < 1.29 is 23.4 Å². The molecule has 1 aromatic heterocycles. The summed E-state index contributed by atoms with van der Waals surface area (Å²) in [6, 6.07) is 5.43. The molecule has 0 bridgehead atoms. The molecule has 1 atom stereocenters. The average molecular weight is 363 g/mol. The lowest BCUT2D eigenvalue weighted by Gasteiger charge is -2.28. The molecule has 1 amide bonds. The molecule has 2 aliphatic rings. The summed E-state index contributed by atoms with van der Waals surface area (Å²) >= 11 is 1.26. The number of morpholine rings is 1. The zero-order chi connectivity index (χ0) is 17.2. The fourth-order valence-electron chi connectivity index (χ4n) is 2.65. The Morgan fingerprint density at radius 3 is 2.84 bits per heavy atom. The van der Waals surface area contributed by atoms with Crippen molar-refractivity contribution >= 4 is 17.7 Å². The van der Waals surface area contributed by atoms with E-state index in [9.17, 15) is 4.79 Å². The van der Waals surface area contributed by atoms with E-state index in [1.807, 2.05) is 13.0 Å². The summed E-state index contributed by atoms with van der Waals surface area (Å²) in [5.74, 6) is 1.78. The Morgan fingerprint density at radius 1 is 1.20 bits per heavy atom. The minimum Gasteiger partial charge on any atom is -0.454 e. The van der Waals surface area contributed by atoms with Gasteiger partial charge in [0.05, 0.1) is 18.5 Å². The van der Waals surface area contributed by atoms with E-state index in [4.69, 9.17) is 18.6 Å². The predicted molar refractivity (Wildman–Crippen MR) is 88.6 cm³/mol. The Hall–Kier alpha value is -2.26. The maximum Gasteiger partial charge on any atom is 0.277 e. The molecule has 0 aliphatic carbocycles. The topological polar surface area (TPSA) is 86.9 Å². The molecule has 3 heterocycles. The maximum atomic E-state index is 12.4. The first kappa shape index (κ1) is 16.2. The van der Waals surface area contributed by atoms with Crippen molar-refractivity contribution in [3.8, 4) is 23.0 Å². The van der Waals surface area contributed by atoms with E-state index < -0.39 is 0 Å². The van der Waals surface area contributed by atoms with Crippen LogP contribution in [0.2, 0.25) is 0 Å². The molecule has 1 aromatic carbocycles. The molecule has 0 radical (unpaired) electrons. The normalized spacial score (nSPS) is 17.6. The number of benzene rings is 1. The standard InChI is InChI=1S/C16H17N3O5S/c1-10(15(20)19-4-6-21-7-5-19)25-16-18-17-14(24-16)11-2-3-12-13(8-11)23-9-22-12/h2-3,8,10H,4-7,9H2,1H3. The molecule has 4 rings (SSSR count). The first-order chi connectivity index (χ1) is 12.2. The third kappa shape index (κ3) is 3.42. The third-order valence-corrected chi connectivity index (χ3v) is 4.90. The van der Waals surface area contributed by atoms with Crippen LogP contribution in [0, 0.1) is 0 Å². The van der Waals surface area contributed by atoms with Crippen LogP contribution in [0.5, 0.6) is 11.5 Å². The minimum atomic E-state index is -0.303. The lowest BCUT2D eigenvalue weighted by Crippen LogP contribution is -2.44. The molecule has 2 aliphatic heterocycles. The van der Waals surface area contributed by atoms with Gasteiger partial charge in [0.15, 0.2) is 11.5 Å². The fourth-order valence-corrected chi connectivity index (χ4v) is 3.41. The van der Waals surface area contributed by atoms with Crippen molar-refractivity contribution in [3.63, 3.8) is 0 Å². The number of fused-ring (bicyclic) bond motifs is 1. The van der Waals surface area contributed by atoms with Gasteiger partial charge in [0.25, 0.3) is 5.22 Å². The summed E-state index contributed by atoms with van der Waals surface area (Å²) in [6.45, 7) is 4.46. The van der Waals surface area contributed by atoms with Crippen LogP contribution in [-0.4, -0.2) is 59.4 Å². The van der Waals surface area contributed by atoms with Crippen LogP contribution in [-0.2, 0) is 9.53 Å². The number of nitrogens with zero attached hydrogens (tertiary/aromatic N) is 3. The van der Waals surface area contributed by atoms with Gasteiger partial charge in [-0.05, 0) is 25.1 Å². The van der Waals surface area contributed by atoms with Gasteiger partial charge in [-0.25, -0.2) is 0 Å². The zero-order valence-corrected chi connectivity index (χ0v) is 14.5. The maximum absolute atomic E-state index is 12.4. The highest BCUT2D eigenvalue weighted by Crippen LogP contribution is 2.36. The van der Waals surface area contributed by atoms with Gasteiger partial charge in [-0.1, -0.05) is 11.8 Å². The quantitative estimate of drug-likeness (QED) is 0.760. The van der Waals surface area contributed by atoms with Crippen LogP contribution < -0.4 is 9.47 Å². The molecule has 2 aromatic rings. The third-order valence-electron chi connectivity index (χ3n) is 3.97. The van der Waals surface area contributed by atoms with Gasteiger partial charge in [0.1, 0.15) is 0 Å². The second-order valence-electron chi connectivity index (χ2n) is 5.64. The van der Waals surface area contributed by atoms with Gasteiger partial charge in [-0.15, -0.1) is 10.2 Å². The Morgan fingerprint density at radius 2 is 2.00 bits per heavy atom. The van der Waals surface area contributed by atoms with E-state index >= 15 is 0 Å². The van der Waals surface area contributed by atoms with Crippen LogP contribution in [0.25, 0.3) is 11.5 Å². The average Bonchev–Trinajstić information content (AvgIpc) is 3.30. The summed E-state index contributed by atoms with van der Waals surface area (Å²) in [5, 5.41) is 8.15. The van der Waals surface area contributed by atoms with Crippen LogP contribution in [0.15, 0.2) is 27.8 Å². The number of amides is 1. The number of hydrogen-bond acceptors (Lipinski definition) is 8. The summed E-state index contributed by atoms with van der Waals surface area (Å²) in [4.78, 5) is 14.2. The van der Waals surface area contributed by atoms with E-state index in [1.54, 1.807) is 17.0 Å². The van der Waals surface area contributed by atoms with E-state index in [-0.39, 0.29) is 18.0 Å². The molecular formula is C16H17N3O5S. The predicted octanol–water partition coefficient (Wildman–Crippen LogP) is 1.80. The van der Waals surface area contributed by atoms with Crippen molar-refractivity contribution in [1.82, 2.24) is 15.1 Å². The number of rotatable bonds is 4. The van der Waals surface area contributed by atoms with Gasteiger partial charge < -0.3 is 23.5 Å². The van der Waals surface area contributed by atoms with Crippen molar-refractivity contribution in [3.05, 3.63) is 18.2 Å². The molecule has 1 unspecified atom stereocenters. The van der Waals surface area contributed by atoms with Crippen molar-refractivity contribution in [2.45, 2.75) is 17.4 Å². The van der Waals surface area contributed by atoms with Gasteiger partial charge in [0, 0.05) is 18.7 Å². The van der Waals surface area contributed by atoms with Crippen LogP contribution >= 0.6 is 11.8 Å². The van der Waals surface area contributed by atoms with Crippen LogP contribution in [0.1, 0.15) is 6.92 Å². The number of aromatic nitrogens is 2. The molecular weight excluding hydrogens is 346 g/mol. The molecule has 9 heteroatoms. The molecule has 25 heavy (non-hydrogen) atoms.